The van der Waals surface area contributed by atoms with Gasteiger partial charge in [-0.15, -0.1) is 11.3 Å². The zero-order chi connectivity index (χ0) is 22.5. The van der Waals surface area contributed by atoms with Gasteiger partial charge in [0.05, 0.1) is 27.7 Å². The van der Waals surface area contributed by atoms with E-state index in [1.807, 2.05) is 49.4 Å². The number of aryl methyl sites for hydroxylation is 3. The Balaban J connectivity index is 1.44. The molecule has 1 aliphatic carbocycles. The van der Waals surface area contributed by atoms with Gasteiger partial charge < -0.3 is 4.98 Å². The van der Waals surface area contributed by atoms with E-state index in [9.17, 15) is 9.59 Å². The first kappa shape index (κ1) is 20.4. The summed E-state index contributed by atoms with van der Waals surface area (Å²) in [5, 5.41) is 1.90. The largest absolute Gasteiger partial charge is 0.309 e. The number of benzene rings is 2. The maximum atomic E-state index is 13.5. The fourth-order valence-corrected chi connectivity index (χ4v) is 6.64. The van der Waals surface area contributed by atoms with Crippen LogP contribution in [-0.2, 0) is 18.6 Å². The molecule has 164 valence electrons. The van der Waals surface area contributed by atoms with Gasteiger partial charge in [-0.1, -0.05) is 42.1 Å². The van der Waals surface area contributed by atoms with E-state index in [4.69, 9.17) is 9.97 Å². The minimum atomic E-state index is -0.107. The van der Waals surface area contributed by atoms with Crippen molar-refractivity contribution in [2.75, 3.05) is 0 Å². The summed E-state index contributed by atoms with van der Waals surface area (Å²) in [6.07, 6.45) is 3.10. The van der Waals surface area contributed by atoms with Gasteiger partial charge in [-0.2, -0.15) is 0 Å². The van der Waals surface area contributed by atoms with E-state index >= 15 is 0 Å². The molecule has 5 aromatic rings. The Morgan fingerprint density at radius 1 is 1.06 bits per heavy atom. The molecule has 0 spiro atoms. The molecule has 0 aliphatic heterocycles. The van der Waals surface area contributed by atoms with Crippen molar-refractivity contribution in [3.05, 3.63) is 91.1 Å². The maximum Gasteiger partial charge on any atom is 0.266 e. The Bertz CT molecular complexity index is 1670. The first-order chi connectivity index (χ1) is 16.1. The van der Waals surface area contributed by atoms with Crippen LogP contribution < -0.4 is 11.1 Å². The average molecular weight is 473 g/mol. The van der Waals surface area contributed by atoms with E-state index in [-0.39, 0.29) is 11.1 Å². The number of fused-ring (bicyclic) bond motifs is 4. The van der Waals surface area contributed by atoms with Crippen molar-refractivity contribution in [1.29, 1.82) is 0 Å². The second-order valence-corrected chi connectivity index (χ2v) is 10.2. The van der Waals surface area contributed by atoms with E-state index in [0.717, 1.165) is 40.7 Å². The summed E-state index contributed by atoms with van der Waals surface area (Å²) in [6, 6.07) is 15.2. The highest BCUT2D eigenvalue weighted by Gasteiger charge is 2.21. The first-order valence-electron chi connectivity index (χ1n) is 10.8. The molecule has 0 fully saturated rings. The number of hydrogen-bond acceptors (Lipinski definition) is 6. The molecule has 33 heavy (non-hydrogen) atoms. The number of aromatic nitrogens is 4. The number of H-pyrrole nitrogens is 1. The van der Waals surface area contributed by atoms with Gasteiger partial charge in [0.25, 0.3) is 11.1 Å². The van der Waals surface area contributed by atoms with Crippen LogP contribution in [0.4, 0.5) is 0 Å². The van der Waals surface area contributed by atoms with Crippen molar-refractivity contribution in [1.82, 2.24) is 19.5 Å². The maximum absolute atomic E-state index is 13.5. The van der Waals surface area contributed by atoms with Crippen LogP contribution in [0.1, 0.15) is 28.2 Å². The van der Waals surface area contributed by atoms with Gasteiger partial charge >= 0.3 is 0 Å². The summed E-state index contributed by atoms with van der Waals surface area (Å²) in [7, 11) is 0. The van der Waals surface area contributed by atoms with Crippen molar-refractivity contribution in [2.45, 2.75) is 37.1 Å². The quantitative estimate of drug-likeness (QED) is 0.301. The minimum Gasteiger partial charge on any atom is -0.309 e. The summed E-state index contributed by atoms with van der Waals surface area (Å²) in [5.74, 6) is 1.00. The number of rotatable bonds is 4. The Morgan fingerprint density at radius 2 is 1.88 bits per heavy atom. The molecule has 3 heterocycles. The molecule has 0 atom stereocenters. The van der Waals surface area contributed by atoms with E-state index in [0.29, 0.717) is 27.6 Å². The molecule has 1 N–H and O–H groups in total. The Kier molecular flexibility index (Phi) is 4.92. The zero-order valence-electron chi connectivity index (χ0n) is 17.9. The van der Waals surface area contributed by atoms with Crippen molar-refractivity contribution in [2.24, 2.45) is 0 Å². The van der Waals surface area contributed by atoms with E-state index in [2.05, 4.69) is 4.98 Å². The first-order valence-corrected chi connectivity index (χ1v) is 12.6. The van der Waals surface area contributed by atoms with Gasteiger partial charge in [0.1, 0.15) is 10.7 Å². The van der Waals surface area contributed by atoms with Crippen LogP contribution in [0.5, 0.6) is 0 Å². The lowest BCUT2D eigenvalue weighted by Gasteiger charge is -2.15. The molecule has 6 rings (SSSR count). The van der Waals surface area contributed by atoms with Crippen LogP contribution >= 0.6 is 23.1 Å². The number of hydrogen-bond donors (Lipinski definition) is 1. The molecule has 0 saturated carbocycles. The minimum absolute atomic E-state index is 0.0715. The van der Waals surface area contributed by atoms with Crippen molar-refractivity contribution >= 4 is 44.2 Å². The van der Waals surface area contributed by atoms with Crippen LogP contribution in [0.15, 0.2) is 63.3 Å². The predicted molar refractivity (Wildman–Crippen MR) is 134 cm³/mol. The molecule has 6 nitrogen and oxygen atoms in total. The topological polar surface area (TPSA) is 80.6 Å². The second-order valence-electron chi connectivity index (χ2n) is 8.18. The lowest BCUT2D eigenvalue weighted by atomic mass is 10.2. The third kappa shape index (κ3) is 3.41. The molecule has 8 heteroatoms. The van der Waals surface area contributed by atoms with E-state index in [1.54, 1.807) is 22.0 Å². The Morgan fingerprint density at radius 3 is 2.76 bits per heavy atom. The van der Waals surface area contributed by atoms with Gasteiger partial charge in [0, 0.05) is 4.88 Å². The van der Waals surface area contributed by atoms with Crippen LogP contribution in [0.25, 0.3) is 26.8 Å². The van der Waals surface area contributed by atoms with E-state index < -0.39 is 0 Å². The molecule has 2 aromatic carbocycles. The third-order valence-electron chi connectivity index (χ3n) is 6.06. The normalized spacial score (nSPS) is 13.1. The van der Waals surface area contributed by atoms with Gasteiger partial charge in [0.2, 0.25) is 0 Å². The van der Waals surface area contributed by atoms with Gasteiger partial charge in [-0.3, -0.25) is 14.2 Å². The zero-order valence-corrected chi connectivity index (χ0v) is 19.6. The average Bonchev–Trinajstić information content (AvgIpc) is 3.40. The predicted octanol–water partition coefficient (Wildman–Crippen LogP) is 4.77. The highest BCUT2D eigenvalue weighted by Crippen LogP contribution is 2.35. The molecular formula is C25H20N4O2S2. The van der Waals surface area contributed by atoms with Gasteiger partial charge in [0.15, 0.2) is 5.16 Å². The summed E-state index contributed by atoms with van der Waals surface area (Å²) in [6.45, 7) is 1.98. The summed E-state index contributed by atoms with van der Waals surface area (Å²) in [5.41, 5.74) is 3.44. The standard InChI is InChI=1S/C25H20N4O2S2/c1-14-7-2-5-11-18(14)29-24(31)15-8-3-4-10-17(15)26-25(29)32-13-20-27-22(30)21-16-9-6-12-19(16)33-23(21)28-20/h2-5,7-8,10-11H,6,9,12-13H2,1H3,(H,27,28,30). The smallest absolute Gasteiger partial charge is 0.266 e. The summed E-state index contributed by atoms with van der Waals surface area (Å²) < 4.78 is 1.67. The number of nitrogens with zero attached hydrogens (tertiary/aromatic N) is 3. The highest BCUT2D eigenvalue weighted by atomic mass is 32.2. The van der Waals surface area contributed by atoms with Crippen molar-refractivity contribution < 1.29 is 0 Å². The molecule has 3 aromatic heterocycles. The number of thioether (sulfide) groups is 1. The third-order valence-corrected chi connectivity index (χ3v) is 8.20. The number of para-hydroxylation sites is 2. The lowest BCUT2D eigenvalue weighted by molar-refractivity contribution is 0.813. The van der Waals surface area contributed by atoms with Gasteiger partial charge in [-0.25, -0.2) is 9.97 Å². The molecular weight excluding hydrogens is 452 g/mol. The van der Waals surface area contributed by atoms with Crippen LogP contribution in [0, 0.1) is 6.92 Å². The molecule has 0 unspecified atom stereocenters. The molecule has 0 radical (unpaired) electrons. The monoisotopic (exact) mass is 472 g/mol. The second kappa shape index (κ2) is 7.97. The SMILES string of the molecule is Cc1ccccc1-n1c(SCc2nc3sc4c(c3c(=O)[nH]2)CCC4)nc2ccccc2c1=O. The fourth-order valence-electron chi connectivity index (χ4n) is 4.48. The molecule has 1 aliphatic rings. The summed E-state index contributed by atoms with van der Waals surface area (Å²) >= 11 is 3.04. The van der Waals surface area contributed by atoms with Gasteiger partial charge in [-0.05, 0) is 55.5 Å². The van der Waals surface area contributed by atoms with Crippen molar-refractivity contribution in [3.8, 4) is 5.69 Å². The molecule has 0 amide bonds. The van der Waals surface area contributed by atoms with Crippen molar-refractivity contribution in [3.63, 3.8) is 0 Å². The number of nitrogens with one attached hydrogen (secondary N) is 1. The lowest BCUT2D eigenvalue weighted by Crippen LogP contribution is -2.22. The fraction of sp³-hybridized carbons (Fsp3) is 0.200. The molecule has 0 bridgehead atoms. The van der Waals surface area contributed by atoms with Crippen LogP contribution in [-0.4, -0.2) is 19.5 Å². The van der Waals surface area contributed by atoms with E-state index in [1.165, 1.54) is 22.2 Å². The van der Waals surface area contributed by atoms with Crippen LogP contribution in [0.3, 0.4) is 0 Å². The Labute approximate surface area is 197 Å². The summed E-state index contributed by atoms with van der Waals surface area (Å²) in [4.78, 5) is 40.9. The number of thiophene rings is 1. The molecule has 0 saturated heterocycles. The Hall–Kier alpha value is -3.23. The number of aromatic amines is 1. The highest BCUT2D eigenvalue weighted by molar-refractivity contribution is 7.98. The van der Waals surface area contributed by atoms with Crippen LogP contribution in [0.2, 0.25) is 0 Å².